The summed E-state index contributed by atoms with van der Waals surface area (Å²) in [5, 5.41) is 4.96. The highest BCUT2D eigenvalue weighted by Gasteiger charge is 2.23. The Kier molecular flexibility index (Phi) is 6.27. The van der Waals surface area contributed by atoms with E-state index >= 15 is 0 Å². The van der Waals surface area contributed by atoms with Crippen LogP contribution in [0.2, 0.25) is 0 Å². The predicted octanol–water partition coefficient (Wildman–Crippen LogP) is 3.03. The molecule has 0 heterocycles. The molecule has 1 unspecified atom stereocenters. The largest absolute Gasteiger partial charge is 0.484 e. The van der Waals surface area contributed by atoms with Crippen molar-refractivity contribution >= 4 is 22.6 Å². The van der Waals surface area contributed by atoms with Crippen molar-refractivity contribution in [2.45, 2.75) is 12.5 Å². The molecule has 2 amide bonds. The van der Waals surface area contributed by atoms with Crippen molar-refractivity contribution in [2.24, 2.45) is 0 Å². The van der Waals surface area contributed by atoms with Gasteiger partial charge in [-0.1, -0.05) is 60.7 Å². The first-order valence-corrected chi connectivity index (χ1v) is 9.19. The van der Waals surface area contributed by atoms with E-state index in [1.165, 1.54) is 4.90 Å². The van der Waals surface area contributed by atoms with Gasteiger partial charge in [-0.2, -0.15) is 0 Å². The first kappa shape index (κ1) is 19.4. The van der Waals surface area contributed by atoms with Crippen LogP contribution in [0.25, 0.3) is 10.8 Å². The quantitative estimate of drug-likeness (QED) is 0.690. The molecule has 0 aliphatic carbocycles. The maximum Gasteiger partial charge on any atom is 0.258 e. The molecule has 1 N–H and O–H groups in total. The van der Waals surface area contributed by atoms with Crippen LogP contribution in [0.4, 0.5) is 0 Å². The number of likely N-dealkylation sites (N-methyl/N-ethyl adjacent to an activating group) is 1. The van der Waals surface area contributed by atoms with E-state index in [0.29, 0.717) is 12.2 Å². The lowest BCUT2D eigenvalue weighted by atomic mass is 10.0. The van der Waals surface area contributed by atoms with Gasteiger partial charge in [0.1, 0.15) is 11.8 Å². The smallest absolute Gasteiger partial charge is 0.258 e. The van der Waals surface area contributed by atoms with Crippen LogP contribution < -0.4 is 10.1 Å². The van der Waals surface area contributed by atoms with Gasteiger partial charge in [0.2, 0.25) is 5.91 Å². The van der Waals surface area contributed by atoms with Crippen molar-refractivity contribution in [3.05, 3.63) is 78.4 Å². The lowest BCUT2D eigenvalue weighted by Crippen LogP contribution is -2.48. The molecule has 0 saturated carbocycles. The molecule has 3 aromatic carbocycles. The highest BCUT2D eigenvalue weighted by Crippen LogP contribution is 2.20. The maximum absolute atomic E-state index is 12.5. The fourth-order valence-corrected chi connectivity index (χ4v) is 3.00. The Labute approximate surface area is 164 Å². The van der Waals surface area contributed by atoms with Gasteiger partial charge >= 0.3 is 0 Å². The highest BCUT2D eigenvalue weighted by atomic mass is 16.5. The summed E-state index contributed by atoms with van der Waals surface area (Å²) in [4.78, 5) is 26.4. The van der Waals surface area contributed by atoms with Crippen LogP contribution in [0, 0.1) is 0 Å². The van der Waals surface area contributed by atoms with Gasteiger partial charge in [0.05, 0.1) is 0 Å². The van der Waals surface area contributed by atoms with Gasteiger partial charge in [0.25, 0.3) is 5.91 Å². The Balaban J connectivity index is 1.62. The molecule has 0 radical (unpaired) electrons. The zero-order valence-electron chi connectivity index (χ0n) is 16.1. The van der Waals surface area contributed by atoms with Crippen LogP contribution in [-0.2, 0) is 16.0 Å². The molecule has 3 aromatic rings. The van der Waals surface area contributed by atoms with Gasteiger partial charge in [-0.25, -0.2) is 0 Å². The van der Waals surface area contributed by atoms with E-state index in [4.69, 9.17) is 4.74 Å². The molecule has 144 valence electrons. The third kappa shape index (κ3) is 5.10. The highest BCUT2D eigenvalue weighted by molar-refractivity contribution is 5.88. The molecule has 5 heteroatoms. The Bertz CT molecular complexity index is 954. The Hall–Kier alpha value is -3.34. The number of amides is 2. The summed E-state index contributed by atoms with van der Waals surface area (Å²) < 4.78 is 5.63. The summed E-state index contributed by atoms with van der Waals surface area (Å²) in [6, 6.07) is 22.6. The standard InChI is InChI=1S/C23H24N2O3/c1-25(2)23(27)21(14-17-8-4-3-5-9-17)24-22(26)16-28-20-13-12-18-10-6-7-11-19(18)15-20/h3-13,15,21H,14,16H2,1-2H3,(H,24,26). The number of carbonyl (C=O) groups excluding carboxylic acids is 2. The molecular formula is C23H24N2O3. The van der Waals surface area contributed by atoms with Gasteiger partial charge in [0, 0.05) is 20.5 Å². The number of hydrogen-bond donors (Lipinski definition) is 1. The minimum absolute atomic E-state index is 0.148. The lowest BCUT2D eigenvalue weighted by molar-refractivity contribution is -0.134. The summed E-state index contributed by atoms with van der Waals surface area (Å²) >= 11 is 0. The van der Waals surface area contributed by atoms with Crippen LogP contribution in [0.15, 0.2) is 72.8 Å². The topological polar surface area (TPSA) is 58.6 Å². The molecule has 1 atom stereocenters. The number of hydrogen-bond acceptors (Lipinski definition) is 3. The van der Waals surface area contributed by atoms with Gasteiger partial charge < -0.3 is 15.0 Å². The van der Waals surface area contributed by atoms with Crippen LogP contribution in [0.3, 0.4) is 0 Å². The molecule has 0 spiro atoms. The van der Waals surface area contributed by atoms with E-state index in [9.17, 15) is 9.59 Å². The second-order valence-corrected chi connectivity index (χ2v) is 6.84. The number of benzene rings is 3. The molecule has 0 aromatic heterocycles. The summed E-state index contributed by atoms with van der Waals surface area (Å²) in [6.45, 7) is -0.148. The van der Waals surface area contributed by atoms with E-state index in [0.717, 1.165) is 16.3 Å². The van der Waals surface area contributed by atoms with Crippen molar-refractivity contribution in [1.82, 2.24) is 10.2 Å². The molecule has 0 bridgehead atoms. The Morgan fingerprint density at radius 2 is 1.61 bits per heavy atom. The molecule has 0 aliphatic rings. The van der Waals surface area contributed by atoms with E-state index in [1.807, 2.05) is 72.8 Å². The van der Waals surface area contributed by atoms with Crippen LogP contribution >= 0.6 is 0 Å². The fourth-order valence-electron chi connectivity index (χ4n) is 3.00. The first-order chi connectivity index (χ1) is 13.5. The number of rotatable bonds is 7. The summed E-state index contributed by atoms with van der Waals surface area (Å²) in [7, 11) is 3.36. The van der Waals surface area contributed by atoms with Gasteiger partial charge in [-0.15, -0.1) is 0 Å². The zero-order chi connectivity index (χ0) is 19.9. The van der Waals surface area contributed by atoms with Crippen molar-refractivity contribution in [3.8, 4) is 5.75 Å². The van der Waals surface area contributed by atoms with Gasteiger partial charge in [-0.3, -0.25) is 9.59 Å². The number of fused-ring (bicyclic) bond motifs is 1. The van der Waals surface area contributed by atoms with Crippen LogP contribution in [0.5, 0.6) is 5.75 Å². The number of nitrogens with zero attached hydrogens (tertiary/aromatic N) is 1. The van der Waals surface area contributed by atoms with E-state index in [1.54, 1.807) is 14.1 Å². The summed E-state index contributed by atoms with van der Waals surface area (Å²) in [5.41, 5.74) is 0.985. The number of ether oxygens (including phenoxy) is 1. The number of carbonyl (C=O) groups is 2. The third-order valence-corrected chi connectivity index (χ3v) is 4.45. The zero-order valence-corrected chi connectivity index (χ0v) is 16.1. The van der Waals surface area contributed by atoms with E-state index in [2.05, 4.69) is 5.32 Å². The molecule has 5 nitrogen and oxygen atoms in total. The van der Waals surface area contributed by atoms with Crippen molar-refractivity contribution in [3.63, 3.8) is 0 Å². The first-order valence-electron chi connectivity index (χ1n) is 9.19. The number of nitrogens with one attached hydrogen (secondary N) is 1. The minimum atomic E-state index is -0.634. The van der Waals surface area contributed by atoms with Gasteiger partial charge in [-0.05, 0) is 28.5 Å². The average molecular weight is 376 g/mol. The van der Waals surface area contributed by atoms with E-state index < -0.39 is 6.04 Å². The predicted molar refractivity (Wildman–Crippen MR) is 110 cm³/mol. The molecule has 3 rings (SSSR count). The average Bonchev–Trinajstić information content (AvgIpc) is 2.71. The summed E-state index contributed by atoms with van der Waals surface area (Å²) in [5.74, 6) is 0.139. The molecular weight excluding hydrogens is 352 g/mol. The second-order valence-electron chi connectivity index (χ2n) is 6.84. The SMILES string of the molecule is CN(C)C(=O)C(Cc1ccccc1)NC(=O)COc1ccc2ccccc2c1. The third-order valence-electron chi connectivity index (χ3n) is 4.45. The van der Waals surface area contributed by atoms with Gasteiger partial charge in [0.15, 0.2) is 6.61 Å². The van der Waals surface area contributed by atoms with Crippen LogP contribution in [-0.4, -0.2) is 43.5 Å². The molecule has 28 heavy (non-hydrogen) atoms. The lowest BCUT2D eigenvalue weighted by Gasteiger charge is -2.22. The second kappa shape index (κ2) is 9.04. The normalized spacial score (nSPS) is 11.6. The van der Waals surface area contributed by atoms with Crippen molar-refractivity contribution in [1.29, 1.82) is 0 Å². The molecule has 0 aliphatic heterocycles. The van der Waals surface area contributed by atoms with Crippen molar-refractivity contribution in [2.75, 3.05) is 20.7 Å². The van der Waals surface area contributed by atoms with Crippen molar-refractivity contribution < 1.29 is 14.3 Å². The maximum atomic E-state index is 12.5. The summed E-state index contributed by atoms with van der Waals surface area (Å²) in [6.07, 6.45) is 0.430. The fraction of sp³-hybridized carbons (Fsp3) is 0.217. The minimum Gasteiger partial charge on any atom is -0.484 e. The Morgan fingerprint density at radius 3 is 2.32 bits per heavy atom. The molecule has 0 saturated heterocycles. The molecule has 0 fully saturated rings. The monoisotopic (exact) mass is 376 g/mol. The van der Waals surface area contributed by atoms with Crippen LogP contribution in [0.1, 0.15) is 5.56 Å². The van der Waals surface area contributed by atoms with E-state index in [-0.39, 0.29) is 18.4 Å². The Morgan fingerprint density at radius 1 is 0.929 bits per heavy atom.